The maximum absolute atomic E-state index is 12.3. The highest BCUT2D eigenvalue weighted by Crippen LogP contribution is 2.37. The fourth-order valence-electron chi connectivity index (χ4n) is 2.30. The van der Waals surface area contributed by atoms with E-state index in [4.69, 9.17) is 14.2 Å². The van der Waals surface area contributed by atoms with Crippen LogP contribution < -0.4 is 4.74 Å². The number of aromatic hydroxyl groups is 1. The number of rotatable bonds is 6. The lowest BCUT2D eigenvalue weighted by atomic mass is 10.1. The van der Waals surface area contributed by atoms with E-state index in [1.165, 1.54) is 20.4 Å². The standard InChI is InChI=1S/C18H18BrNO6S/c1-5-26-17(22)13-9(2)15(18(23)25-4)27-16(13)20-8-10-6-11(19)7-12(24-3)14(10)21/h6-8,21H,5H2,1-4H3/b20-8+. The molecule has 0 radical (unpaired) electrons. The number of benzene rings is 1. The van der Waals surface area contributed by atoms with E-state index in [0.29, 0.717) is 15.6 Å². The van der Waals surface area contributed by atoms with Crippen LogP contribution in [0.5, 0.6) is 11.5 Å². The first-order valence-electron chi connectivity index (χ1n) is 7.83. The summed E-state index contributed by atoms with van der Waals surface area (Å²) in [5.74, 6) is -0.960. The van der Waals surface area contributed by atoms with Crippen molar-refractivity contribution < 1.29 is 28.9 Å². The number of halogens is 1. The second-order valence-corrected chi connectivity index (χ2v) is 7.17. The molecule has 0 saturated carbocycles. The van der Waals surface area contributed by atoms with Gasteiger partial charge in [0.2, 0.25) is 0 Å². The lowest BCUT2D eigenvalue weighted by molar-refractivity contribution is 0.0527. The maximum Gasteiger partial charge on any atom is 0.348 e. The molecule has 2 aromatic rings. The van der Waals surface area contributed by atoms with Crippen molar-refractivity contribution in [1.29, 1.82) is 0 Å². The molecule has 0 unspecified atom stereocenters. The van der Waals surface area contributed by atoms with E-state index in [9.17, 15) is 14.7 Å². The molecule has 0 saturated heterocycles. The highest BCUT2D eigenvalue weighted by molar-refractivity contribution is 9.10. The van der Waals surface area contributed by atoms with Crippen LogP contribution in [-0.4, -0.2) is 44.1 Å². The molecular weight excluding hydrogens is 438 g/mol. The summed E-state index contributed by atoms with van der Waals surface area (Å²) >= 11 is 4.35. The molecule has 0 bridgehead atoms. The topological polar surface area (TPSA) is 94.4 Å². The first-order chi connectivity index (χ1) is 12.8. The lowest BCUT2D eigenvalue weighted by Gasteiger charge is -2.07. The van der Waals surface area contributed by atoms with Gasteiger partial charge in [0, 0.05) is 16.3 Å². The van der Waals surface area contributed by atoms with Crippen LogP contribution in [0.3, 0.4) is 0 Å². The minimum Gasteiger partial charge on any atom is -0.504 e. The average molecular weight is 456 g/mol. The van der Waals surface area contributed by atoms with E-state index in [1.807, 2.05) is 0 Å². The van der Waals surface area contributed by atoms with Gasteiger partial charge in [-0.3, -0.25) is 0 Å². The molecule has 9 heteroatoms. The summed E-state index contributed by atoms with van der Waals surface area (Å²) in [6.45, 7) is 3.51. The number of hydrogen-bond acceptors (Lipinski definition) is 8. The number of carbonyl (C=O) groups excluding carboxylic acids is 2. The van der Waals surface area contributed by atoms with Crippen LogP contribution >= 0.6 is 27.3 Å². The first-order valence-corrected chi connectivity index (χ1v) is 9.44. The van der Waals surface area contributed by atoms with Crippen molar-refractivity contribution in [3.63, 3.8) is 0 Å². The van der Waals surface area contributed by atoms with Gasteiger partial charge in [0.1, 0.15) is 15.4 Å². The van der Waals surface area contributed by atoms with Crippen LogP contribution in [0.2, 0.25) is 0 Å². The number of hydrogen-bond donors (Lipinski definition) is 1. The molecule has 1 aromatic heterocycles. The number of aliphatic imine (C=N–C) groups is 1. The number of esters is 2. The van der Waals surface area contributed by atoms with E-state index < -0.39 is 11.9 Å². The zero-order chi connectivity index (χ0) is 20.1. The molecule has 0 amide bonds. The van der Waals surface area contributed by atoms with Gasteiger partial charge in [-0.25, -0.2) is 14.6 Å². The predicted molar refractivity (Wildman–Crippen MR) is 106 cm³/mol. The summed E-state index contributed by atoms with van der Waals surface area (Å²) in [5.41, 5.74) is 1.01. The lowest BCUT2D eigenvalue weighted by Crippen LogP contribution is -2.07. The molecule has 7 nitrogen and oxygen atoms in total. The number of thiophene rings is 1. The summed E-state index contributed by atoms with van der Waals surface area (Å²) in [5, 5.41) is 10.5. The van der Waals surface area contributed by atoms with Crippen molar-refractivity contribution in [2.24, 2.45) is 4.99 Å². The highest BCUT2D eigenvalue weighted by Gasteiger charge is 2.25. The second kappa shape index (κ2) is 9.01. The Labute approximate surface area is 168 Å². The van der Waals surface area contributed by atoms with Gasteiger partial charge < -0.3 is 19.3 Å². The molecule has 0 spiro atoms. The second-order valence-electron chi connectivity index (χ2n) is 5.25. The van der Waals surface area contributed by atoms with Crippen LogP contribution in [0.25, 0.3) is 0 Å². The van der Waals surface area contributed by atoms with Crippen molar-refractivity contribution in [3.05, 3.63) is 38.2 Å². The molecule has 1 aromatic carbocycles. The van der Waals surface area contributed by atoms with Gasteiger partial charge in [-0.15, -0.1) is 11.3 Å². The Balaban J connectivity index is 2.55. The zero-order valence-corrected chi connectivity index (χ0v) is 17.6. The van der Waals surface area contributed by atoms with Crippen molar-refractivity contribution in [2.45, 2.75) is 13.8 Å². The third-order valence-electron chi connectivity index (χ3n) is 3.59. The monoisotopic (exact) mass is 455 g/mol. The minimum atomic E-state index is -0.579. The van der Waals surface area contributed by atoms with Crippen LogP contribution in [0.4, 0.5) is 5.00 Å². The molecule has 0 atom stereocenters. The van der Waals surface area contributed by atoms with E-state index in [1.54, 1.807) is 26.0 Å². The van der Waals surface area contributed by atoms with Gasteiger partial charge in [0.15, 0.2) is 11.5 Å². The Kier molecular flexibility index (Phi) is 6.98. The summed E-state index contributed by atoms with van der Waals surface area (Å²) in [4.78, 5) is 28.9. The highest BCUT2D eigenvalue weighted by atomic mass is 79.9. The van der Waals surface area contributed by atoms with Gasteiger partial charge in [0.25, 0.3) is 0 Å². The molecule has 1 heterocycles. The number of ether oxygens (including phenoxy) is 3. The SMILES string of the molecule is CCOC(=O)c1c(/N=C/c2cc(Br)cc(OC)c2O)sc(C(=O)OC)c1C. The smallest absolute Gasteiger partial charge is 0.348 e. The molecule has 144 valence electrons. The van der Waals surface area contributed by atoms with E-state index in [0.717, 1.165) is 11.3 Å². The zero-order valence-electron chi connectivity index (χ0n) is 15.2. The fourth-order valence-corrected chi connectivity index (χ4v) is 3.81. The van der Waals surface area contributed by atoms with Crippen LogP contribution in [0.1, 0.15) is 38.1 Å². The average Bonchev–Trinajstić information content (AvgIpc) is 2.98. The number of carbonyl (C=O) groups is 2. The van der Waals surface area contributed by atoms with E-state index in [2.05, 4.69) is 20.9 Å². The Morgan fingerprint density at radius 3 is 2.59 bits per heavy atom. The molecule has 0 aliphatic carbocycles. The molecule has 1 N–H and O–H groups in total. The maximum atomic E-state index is 12.3. The fraction of sp³-hybridized carbons (Fsp3) is 0.278. The molecule has 0 aliphatic heterocycles. The first kappa shape index (κ1) is 20.9. The van der Waals surface area contributed by atoms with Crippen LogP contribution in [0, 0.1) is 6.92 Å². The number of nitrogens with zero attached hydrogens (tertiary/aromatic N) is 1. The Morgan fingerprint density at radius 2 is 2.00 bits per heavy atom. The van der Waals surface area contributed by atoms with Crippen molar-refractivity contribution in [2.75, 3.05) is 20.8 Å². The number of methoxy groups -OCH3 is 2. The van der Waals surface area contributed by atoms with Crippen molar-refractivity contribution in [1.82, 2.24) is 0 Å². The van der Waals surface area contributed by atoms with Gasteiger partial charge in [-0.1, -0.05) is 15.9 Å². The summed E-state index contributed by atoms with van der Waals surface area (Å²) in [6, 6.07) is 3.26. The van der Waals surface area contributed by atoms with Gasteiger partial charge in [-0.2, -0.15) is 0 Å². The Hall–Kier alpha value is -2.39. The quantitative estimate of drug-likeness (QED) is 0.516. The van der Waals surface area contributed by atoms with Gasteiger partial charge in [-0.05, 0) is 31.5 Å². The Bertz CT molecular complexity index is 906. The van der Waals surface area contributed by atoms with E-state index >= 15 is 0 Å². The van der Waals surface area contributed by atoms with Gasteiger partial charge in [0.05, 0.1) is 20.8 Å². The molecule has 27 heavy (non-hydrogen) atoms. The van der Waals surface area contributed by atoms with E-state index in [-0.39, 0.29) is 33.5 Å². The van der Waals surface area contributed by atoms with Crippen molar-refractivity contribution >= 4 is 50.4 Å². The Morgan fingerprint density at radius 1 is 1.30 bits per heavy atom. The normalized spacial score (nSPS) is 10.9. The minimum absolute atomic E-state index is 0.0939. The third-order valence-corrected chi connectivity index (χ3v) is 5.23. The van der Waals surface area contributed by atoms with Crippen LogP contribution in [0.15, 0.2) is 21.6 Å². The van der Waals surface area contributed by atoms with Gasteiger partial charge >= 0.3 is 11.9 Å². The summed E-state index contributed by atoms with van der Waals surface area (Å²) in [6.07, 6.45) is 1.39. The largest absolute Gasteiger partial charge is 0.504 e. The molecule has 0 aliphatic rings. The van der Waals surface area contributed by atoms with Crippen molar-refractivity contribution in [3.8, 4) is 11.5 Å². The number of phenols is 1. The number of phenolic OH excluding ortho intramolecular Hbond substituents is 1. The molecule has 0 fully saturated rings. The third kappa shape index (κ3) is 4.48. The molecule has 2 rings (SSSR count). The summed E-state index contributed by atoms with van der Waals surface area (Å²) in [7, 11) is 2.70. The summed E-state index contributed by atoms with van der Waals surface area (Å²) < 4.78 is 15.6. The van der Waals surface area contributed by atoms with Crippen LogP contribution in [-0.2, 0) is 9.47 Å². The molecular formula is C18H18BrNO6S. The predicted octanol–water partition coefficient (Wildman–Crippen LogP) is 4.25.